The van der Waals surface area contributed by atoms with E-state index in [1.165, 1.54) is 11.8 Å². The molecule has 1 fully saturated rings. The number of para-hydroxylation sites is 1. The fourth-order valence-corrected chi connectivity index (χ4v) is 4.73. The van der Waals surface area contributed by atoms with Crippen molar-refractivity contribution in [2.45, 2.75) is 43.0 Å². The molecule has 0 atom stereocenters. The molecule has 1 N–H and O–H groups in total. The highest BCUT2D eigenvalue weighted by Crippen LogP contribution is 2.57. The lowest BCUT2D eigenvalue weighted by atomic mass is 9.99. The Balaban J connectivity index is 1.78. The zero-order valence-electron chi connectivity index (χ0n) is 12.7. The first-order valence-corrected chi connectivity index (χ1v) is 9.05. The summed E-state index contributed by atoms with van der Waals surface area (Å²) in [5, 5.41) is 0.184. The van der Waals surface area contributed by atoms with Crippen molar-refractivity contribution in [3.8, 4) is 0 Å². The molecular formula is C16H19N3O2S. The minimum Gasteiger partial charge on any atom is -0.331 e. The summed E-state index contributed by atoms with van der Waals surface area (Å²) in [6.45, 7) is 4.52. The Labute approximate surface area is 130 Å². The van der Waals surface area contributed by atoms with Crippen LogP contribution < -0.4 is 4.31 Å². The number of aromatic amines is 1. The molecule has 0 amide bonds. The summed E-state index contributed by atoms with van der Waals surface area (Å²) < 4.78 is 27.6. The standard InChI is InChI=1S/C16H19N3O2S/c1-11(2)15-17-9-14(18-15)22(20,21)19-10-16(7-8-16)12-5-3-4-6-13(12)19/h3-6,9,11H,7-8,10H2,1-2H3,(H,17,18). The molecule has 1 aliphatic carbocycles. The summed E-state index contributed by atoms with van der Waals surface area (Å²) in [5.41, 5.74) is 2.03. The van der Waals surface area contributed by atoms with Gasteiger partial charge in [0.05, 0.1) is 11.9 Å². The second-order valence-electron chi connectivity index (χ2n) is 6.60. The number of hydrogen-bond acceptors (Lipinski definition) is 3. The number of anilines is 1. The molecule has 1 spiro atoms. The van der Waals surface area contributed by atoms with Gasteiger partial charge >= 0.3 is 0 Å². The van der Waals surface area contributed by atoms with E-state index in [1.807, 2.05) is 32.0 Å². The highest BCUT2D eigenvalue weighted by Gasteiger charge is 2.54. The van der Waals surface area contributed by atoms with Crippen LogP contribution >= 0.6 is 0 Å². The van der Waals surface area contributed by atoms with Crippen LogP contribution in [-0.4, -0.2) is 24.9 Å². The number of nitrogens with zero attached hydrogens (tertiary/aromatic N) is 2. The van der Waals surface area contributed by atoms with E-state index in [2.05, 4.69) is 16.0 Å². The number of nitrogens with one attached hydrogen (secondary N) is 1. The Kier molecular flexibility index (Phi) is 2.73. The van der Waals surface area contributed by atoms with E-state index in [-0.39, 0.29) is 16.4 Å². The number of rotatable bonds is 3. The van der Waals surface area contributed by atoms with Crippen molar-refractivity contribution in [3.63, 3.8) is 0 Å². The number of hydrogen-bond donors (Lipinski definition) is 1. The van der Waals surface area contributed by atoms with Crippen LogP contribution in [0.4, 0.5) is 5.69 Å². The Morgan fingerprint density at radius 3 is 2.64 bits per heavy atom. The molecule has 0 radical (unpaired) electrons. The Morgan fingerprint density at radius 2 is 2.00 bits per heavy atom. The van der Waals surface area contributed by atoms with Gasteiger partial charge in [0.25, 0.3) is 10.0 Å². The second kappa shape index (κ2) is 4.35. The predicted molar refractivity (Wildman–Crippen MR) is 84.6 cm³/mol. The minimum atomic E-state index is -3.58. The van der Waals surface area contributed by atoms with Crippen molar-refractivity contribution in [2.24, 2.45) is 0 Å². The maximum Gasteiger partial charge on any atom is 0.281 e. The lowest BCUT2D eigenvalue weighted by molar-refractivity contribution is 0.585. The van der Waals surface area contributed by atoms with Crippen LogP contribution in [0.15, 0.2) is 35.5 Å². The average molecular weight is 317 g/mol. The largest absolute Gasteiger partial charge is 0.331 e. The third-order valence-corrected chi connectivity index (χ3v) is 6.40. The fourth-order valence-electron chi connectivity index (χ4n) is 3.24. The lowest BCUT2D eigenvalue weighted by Gasteiger charge is -2.18. The van der Waals surface area contributed by atoms with E-state index in [9.17, 15) is 8.42 Å². The van der Waals surface area contributed by atoms with E-state index in [0.717, 1.165) is 18.5 Å². The van der Waals surface area contributed by atoms with Gasteiger partial charge in [0.15, 0.2) is 5.03 Å². The molecule has 22 heavy (non-hydrogen) atoms. The molecule has 2 heterocycles. The molecule has 0 saturated heterocycles. The van der Waals surface area contributed by atoms with Gasteiger partial charge in [0.2, 0.25) is 0 Å². The van der Waals surface area contributed by atoms with Crippen LogP contribution in [0.5, 0.6) is 0 Å². The molecule has 1 saturated carbocycles. The molecule has 1 aromatic heterocycles. The highest BCUT2D eigenvalue weighted by atomic mass is 32.2. The quantitative estimate of drug-likeness (QED) is 0.946. The van der Waals surface area contributed by atoms with Gasteiger partial charge in [-0.1, -0.05) is 32.0 Å². The van der Waals surface area contributed by atoms with Crippen molar-refractivity contribution < 1.29 is 8.42 Å². The van der Waals surface area contributed by atoms with Gasteiger partial charge in [-0.05, 0) is 24.5 Å². The van der Waals surface area contributed by atoms with Crippen molar-refractivity contribution in [1.29, 1.82) is 0 Å². The topological polar surface area (TPSA) is 66.1 Å². The summed E-state index contributed by atoms with van der Waals surface area (Å²) in [6.07, 6.45) is 3.57. The second-order valence-corrected chi connectivity index (χ2v) is 8.43. The van der Waals surface area contributed by atoms with Gasteiger partial charge in [-0.15, -0.1) is 0 Å². The number of fused-ring (bicyclic) bond motifs is 2. The summed E-state index contributed by atoms with van der Waals surface area (Å²) in [4.78, 5) is 7.17. The van der Waals surface area contributed by atoms with Gasteiger partial charge < -0.3 is 4.98 Å². The van der Waals surface area contributed by atoms with Crippen LogP contribution in [0.2, 0.25) is 0 Å². The van der Waals surface area contributed by atoms with E-state index in [1.54, 1.807) is 4.31 Å². The average Bonchev–Trinajstić information content (AvgIpc) is 2.96. The maximum absolute atomic E-state index is 13.0. The van der Waals surface area contributed by atoms with Crippen LogP contribution in [0, 0.1) is 0 Å². The van der Waals surface area contributed by atoms with E-state index >= 15 is 0 Å². The molecule has 0 unspecified atom stereocenters. The number of aromatic nitrogens is 2. The third-order valence-electron chi connectivity index (χ3n) is 4.73. The first-order chi connectivity index (χ1) is 10.4. The lowest BCUT2D eigenvalue weighted by Crippen LogP contribution is -2.31. The Bertz CT molecular complexity index is 835. The van der Waals surface area contributed by atoms with Crippen molar-refractivity contribution in [2.75, 3.05) is 10.8 Å². The Morgan fingerprint density at radius 1 is 1.27 bits per heavy atom. The molecule has 2 aromatic rings. The van der Waals surface area contributed by atoms with Gasteiger partial charge in [-0.3, -0.25) is 4.31 Å². The minimum absolute atomic E-state index is 0.0462. The molecule has 6 heteroatoms. The molecule has 4 rings (SSSR count). The van der Waals surface area contributed by atoms with Crippen LogP contribution in [0.3, 0.4) is 0 Å². The summed E-state index contributed by atoms with van der Waals surface area (Å²) in [6, 6.07) is 7.85. The van der Waals surface area contributed by atoms with Crippen molar-refractivity contribution >= 4 is 15.7 Å². The predicted octanol–water partition coefficient (Wildman–Crippen LogP) is 2.77. The van der Waals surface area contributed by atoms with E-state index < -0.39 is 10.0 Å². The van der Waals surface area contributed by atoms with Gasteiger partial charge in [0, 0.05) is 17.9 Å². The van der Waals surface area contributed by atoms with Crippen LogP contribution in [-0.2, 0) is 15.4 Å². The fraction of sp³-hybridized carbons (Fsp3) is 0.438. The summed E-state index contributed by atoms with van der Waals surface area (Å²) >= 11 is 0. The Hall–Kier alpha value is -1.82. The SMILES string of the molecule is CC(C)c1ncc(S(=O)(=O)N2CC3(CC3)c3ccccc32)[nH]1. The normalized spacial score (nSPS) is 19.0. The van der Waals surface area contributed by atoms with E-state index in [0.29, 0.717) is 12.4 Å². The molecule has 0 bridgehead atoms. The molecular weight excluding hydrogens is 298 g/mol. The monoisotopic (exact) mass is 317 g/mol. The highest BCUT2D eigenvalue weighted by molar-refractivity contribution is 7.92. The van der Waals surface area contributed by atoms with Crippen LogP contribution in [0.1, 0.15) is 44.0 Å². The third kappa shape index (κ3) is 1.83. The van der Waals surface area contributed by atoms with Gasteiger partial charge in [0.1, 0.15) is 5.82 Å². The van der Waals surface area contributed by atoms with Crippen molar-refractivity contribution in [1.82, 2.24) is 9.97 Å². The van der Waals surface area contributed by atoms with Crippen LogP contribution in [0.25, 0.3) is 0 Å². The summed E-state index contributed by atoms with van der Waals surface area (Å²) in [5.74, 6) is 0.872. The molecule has 2 aliphatic rings. The van der Waals surface area contributed by atoms with E-state index in [4.69, 9.17) is 0 Å². The van der Waals surface area contributed by atoms with Gasteiger partial charge in [-0.25, -0.2) is 4.98 Å². The molecule has 116 valence electrons. The zero-order chi connectivity index (χ0) is 15.5. The number of H-pyrrole nitrogens is 1. The molecule has 5 nitrogen and oxygen atoms in total. The first-order valence-electron chi connectivity index (χ1n) is 7.61. The number of imidazole rings is 1. The molecule has 1 aromatic carbocycles. The summed E-state index contributed by atoms with van der Waals surface area (Å²) in [7, 11) is -3.58. The number of benzene rings is 1. The zero-order valence-corrected chi connectivity index (χ0v) is 13.5. The van der Waals surface area contributed by atoms with Crippen molar-refractivity contribution in [3.05, 3.63) is 41.9 Å². The smallest absolute Gasteiger partial charge is 0.281 e. The number of sulfonamides is 1. The first kappa shape index (κ1) is 13.8. The maximum atomic E-state index is 13.0. The van der Waals surface area contributed by atoms with Gasteiger partial charge in [-0.2, -0.15) is 8.42 Å². The molecule has 1 aliphatic heterocycles.